The number of nitrogens with one attached hydrogen (secondary N) is 1. The fourth-order valence-corrected chi connectivity index (χ4v) is 2.67. The Morgan fingerprint density at radius 1 is 1.14 bits per heavy atom. The van der Waals surface area contributed by atoms with E-state index in [0.717, 1.165) is 19.1 Å². The van der Waals surface area contributed by atoms with Crippen LogP contribution in [0.5, 0.6) is 11.8 Å². The maximum absolute atomic E-state index is 11.8. The molecule has 13 nitrogen and oxygen atoms in total. The number of carboxylic acids is 2. The summed E-state index contributed by atoms with van der Waals surface area (Å²) in [7, 11) is 2.53. The van der Waals surface area contributed by atoms with Crippen LogP contribution in [0, 0.1) is 10.1 Å². The number of nitro groups is 1. The van der Waals surface area contributed by atoms with E-state index >= 15 is 0 Å². The Morgan fingerprint density at radius 2 is 1.69 bits per heavy atom. The molecule has 1 amide bonds. The Hall–Kier alpha value is -4.03. The third-order valence-electron chi connectivity index (χ3n) is 3.94. The van der Waals surface area contributed by atoms with Gasteiger partial charge in [-0.2, -0.15) is 0 Å². The molecule has 154 valence electrons. The van der Waals surface area contributed by atoms with Gasteiger partial charge in [0.15, 0.2) is 0 Å². The summed E-state index contributed by atoms with van der Waals surface area (Å²) in [6, 6.07) is 2.03. The number of aromatic nitrogens is 2. The van der Waals surface area contributed by atoms with Crippen LogP contribution in [0.3, 0.4) is 0 Å². The van der Waals surface area contributed by atoms with Gasteiger partial charge < -0.3 is 25.0 Å². The van der Waals surface area contributed by atoms with Crippen LogP contribution in [0.2, 0.25) is 0 Å². The summed E-state index contributed by atoms with van der Waals surface area (Å²) in [5, 5.41) is 32.2. The van der Waals surface area contributed by atoms with Gasteiger partial charge in [-0.05, 0) is 5.56 Å². The van der Waals surface area contributed by atoms with Crippen molar-refractivity contribution >= 4 is 34.6 Å². The van der Waals surface area contributed by atoms with Crippen molar-refractivity contribution in [1.82, 2.24) is 15.3 Å². The molecule has 0 spiro atoms. The molecule has 1 heterocycles. The minimum atomic E-state index is -2.79. The normalized spacial score (nSPS) is 11.0. The maximum Gasteiger partial charge on any atom is 0.341 e. The Labute approximate surface area is 162 Å². The van der Waals surface area contributed by atoms with Crippen molar-refractivity contribution in [3.05, 3.63) is 27.8 Å². The van der Waals surface area contributed by atoms with Gasteiger partial charge in [-0.15, -0.1) is 0 Å². The van der Waals surface area contributed by atoms with Crippen LogP contribution >= 0.6 is 0 Å². The summed E-state index contributed by atoms with van der Waals surface area (Å²) in [4.78, 5) is 53.7. The first kappa shape index (κ1) is 21.3. The predicted molar refractivity (Wildman–Crippen MR) is 94.8 cm³/mol. The zero-order chi connectivity index (χ0) is 21.9. The van der Waals surface area contributed by atoms with Crippen LogP contribution in [-0.4, -0.2) is 62.7 Å². The molecule has 3 N–H and O–H groups in total. The fourth-order valence-electron chi connectivity index (χ4n) is 2.67. The highest BCUT2D eigenvalue weighted by Gasteiger charge is 2.48. The van der Waals surface area contributed by atoms with E-state index in [-0.39, 0.29) is 28.4 Å². The number of fused-ring (bicyclic) bond motifs is 1. The van der Waals surface area contributed by atoms with E-state index in [2.05, 4.69) is 9.97 Å². The van der Waals surface area contributed by atoms with Gasteiger partial charge in [-0.1, -0.05) is 0 Å². The van der Waals surface area contributed by atoms with Gasteiger partial charge in [0.05, 0.1) is 24.7 Å². The van der Waals surface area contributed by atoms with Gasteiger partial charge in [0.2, 0.25) is 11.4 Å². The SMILES string of the molecule is COc1nc2cc([N+](=O)[O-])cc(CC(NC(C)=O)(C(=O)O)C(=O)O)c2nc1OC. The molecule has 13 heteroatoms. The summed E-state index contributed by atoms with van der Waals surface area (Å²) >= 11 is 0. The number of non-ortho nitro benzene ring substituents is 1. The molecule has 2 aromatic rings. The Kier molecular flexibility index (Phi) is 5.81. The van der Waals surface area contributed by atoms with Gasteiger partial charge in [0.1, 0.15) is 5.52 Å². The molecule has 0 saturated heterocycles. The first-order valence-corrected chi connectivity index (χ1v) is 7.88. The van der Waals surface area contributed by atoms with Crippen molar-refractivity contribution in [3.8, 4) is 11.8 Å². The molecule has 0 aliphatic carbocycles. The third kappa shape index (κ3) is 3.97. The van der Waals surface area contributed by atoms with Gasteiger partial charge in [0, 0.05) is 25.5 Å². The van der Waals surface area contributed by atoms with E-state index in [4.69, 9.17) is 9.47 Å². The molecular formula is C16H16N4O9. The van der Waals surface area contributed by atoms with E-state index in [0.29, 0.717) is 0 Å². The number of rotatable bonds is 8. The number of methoxy groups -OCH3 is 2. The van der Waals surface area contributed by atoms with Crippen molar-refractivity contribution in [1.29, 1.82) is 0 Å². The molecular weight excluding hydrogens is 392 g/mol. The van der Waals surface area contributed by atoms with E-state index in [1.54, 1.807) is 0 Å². The zero-order valence-corrected chi connectivity index (χ0v) is 15.5. The lowest BCUT2D eigenvalue weighted by Gasteiger charge is -2.26. The summed E-state index contributed by atoms with van der Waals surface area (Å²) in [5.41, 5.74) is -3.53. The largest absolute Gasteiger partial charge is 0.479 e. The molecule has 0 bridgehead atoms. The van der Waals surface area contributed by atoms with Crippen molar-refractivity contribution in [2.45, 2.75) is 18.9 Å². The van der Waals surface area contributed by atoms with Crippen LogP contribution in [0.25, 0.3) is 11.0 Å². The van der Waals surface area contributed by atoms with E-state index in [1.165, 1.54) is 14.2 Å². The second-order valence-electron chi connectivity index (χ2n) is 5.85. The first-order valence-electron chi connectivity index (χ1n) is 7.88. The molecule has 1 aromatic heterocycles. The number of ether oxygens (including phenoxy) is 2. The number of benzene rings is 1. The molecule has 29 heavy (non-hydrogen) atoms. The van der Waals surface area contributed by atoms with Crippen LogP contribution < -0.4 is 14.8 Å². The highest BCUT2D eigenvalue weighted by Crippen LogP contribution is 2.31. The molecule has 1 aromatic carbocycles. The molecule has 0 aliphatic rings. The van der Waals surface area contributed by atoms with Gasteiger partial charge in [0.25, 0.3) is 17.4 Å². The van der Waals surface area contributed by atoms with Gasteiger partial charge >= 0.3 is 11.9 Å². The lowest BCUT2D eigenvalue weighted by atomic mass is 9.89. The van der Waals surface area contributed by atoms with Crippen molar-refractivity contribution in [3.63, 3.8) is 0 Å². The predicted octanol–water partition coefficient (Wildman–Crippen LogP) is 0.142. The standard InChI is InChI=1S/C16H16N4O9/c1-7(21)19-16(14(22)23,15(24)25)6-8-4-9(20(26)27)5-10-11(8)18-13(29-3)12(17-10)28-2/h4-5H,6H2,1-3H3,(H,19,21)(H,22,23)(H,24,25). The van der Waals surface area contributed by atoms with Crippen LogP contribution in [-0.2, 0) is 20.8 Å². The van der Waals surface area contributed by atoms with Gasteiger partial charge in [-0.25, -0.2) is 19.6 Å². The second-order valence-corrected chi connectivity index (χ2v) is 5.85. The monoisotopic (exact) mass is 408 g/mol. The second kappa shape index (κ2) is 7.92. The number of hydrogen-bond donors (Lipinski definition) is 3. The quantitative estimate of drug-likeness (QED) is 0.306. The van der Waals surface area contributed by atoms with E-state index < -0.39 is 40.4 Å². The molecule has 0 atom stereocenters. The highest BCUT2D eigenvalue weighted by molar-refractivity contribution is 6.06. The molecule has 0 unspecified atom stereocenters. The van der Waals surface area contributed by atoms with Gasteiger partial charge in [-0.3, -0.25) is 14.9 Å². The molecule has 0 fully saturated rings. The first-order chi connectivity index (χ1) is 13.5. The average molecular weight is 408 g/mol. The smallest absolute Gasteiger partial charge is 0.341 e. The van der Waals surface area contributed by atoms with Crippen LogP contribution in [0.15, 0.2) is 12.1 Å². The van der Waals surface area contributed by atoms with Crippen molar-refractivity contribution < 1.29 is 39.0 Å². The fraction of sp³-hybridized carbons (Fsp3) is 0.312. The molecule has 0 radical (unpaired) electrons. The van der Waals surface area contributed by atoms with Crippen LogP contribution in [0.1, 0.15) is 12.5 Å². The summed E-state index contributed by atoms with van der Waals surface area (Å²) in [5.74, 6) is -4.85. The summed E-state index contributed by atoms with van der Waals surface area (Å²) in [6.07, 6.45) is -0.848. The zero-order valence-electron chi connectivity index (χ0n) is 15.5. The topological polar surface area (TPSA) is 191 Å². The van der Waals surface area contributed by atoms with Crippen LogP contribution in [0.4, 0.5) is 5.69 Å². The Balaban J connectivity index is 2.83. The minimum Gasteiger partial charge on any atom is -0.479 e. The highest BCUT2D eigenvalue weighted by atomic mass is 16.6. The number of carboxylic acid groups (broad SMARTS) is 2. The Morgan fingerprint density at radius 3 is 2.14 bits per heavy atom. The average Bonchev–Trinajstić information content (AvgIpc) is 2.65. The van der Waals surface area contributed by atoms with E-state index in [9.17, 15) is 34.7 Å². The molecule has 0 aliphatic heterocycles. The molecule has 0 saturated carbocycles. The number of amides is 1. The lowest BCUT2D eigenvalue weighted by molar-refractivity contribution is -0.384. The number of aliphatic carboxylic acids is 2. The number of hydrogen-bond acceptors (Lipinski definition) is 9. The lowest BCUT2D eigenvalue weighted by Crippen LogP contribution is -2.61. The number of nitrogens with zero attached hydrogens (tertiary/aromatic N) is 3. The molecule has 2 rings (SSSR count). The third-order valence-corrected chi connectivity index (χ3v) is 3.94. The van der Waals surface area contributed by atoms with E-state index in [1.807, 2.05) is 5.32 Å². The maximum atomic E-state index is 11.8. The van der Waals surface area contributed by atoms with Crippen molar-refractivity contribution in [2.75, 3.05) is 14.2 Å². The minimum absolute atomic E-state index is 0.0505. The Bertz CT molecular complexity index is 1010. The summed E-state index contributed by atoms with van der Waals surface area (Å²) < 4.78 is 10.0. The van der Waals surface area contributed by atoms with Crippen molar-refractivity contribution in [2.24, 2.45) is 0 Å². The summed E-state index contributed by atoms with van der Waals surface area (Å²) in [6.45, 7) is 0.944. The number of nitro benzene ring substituents is 1. The number of carbonyl (C=O) groups is 3. The number of carbonyl (C=O) groups excluding carboxylic acids is 1.